The molecule has 1 aromatic carbocycles. The number of nitro groups is 1. The number of benzene rings is 1. The van der Waals surface area contributed by atoms with Crippen LogP contribution in [0.15, 0.2) is 17.0 Å². The van der Waals surface area contributed by atoms with Gasteiger partial charge in [-0.2, -0.15) is 0 Å². The first-order valence-corrected chi connectivity index (χ1v) is 7.65. The van der Waals surface area contributed by atoms with Gasteiger partial charge in [-0.1, -0.05) is 20.8 Å². The molecule has 0 spiro atoms. The second-order valence-electron chi connectivity index (χ2n) is 5.81. The number of hydrogen-bond acceptors (Lipinski definition) is 5. The number of non-ortho nitro benzene ring substituents is 1. The molecule has 0 aliphatic carbocycles. The van der Waals surface area contributed by atoms with Crippen molar-refractivity contribution < 1.29 is 17.7 Å². The standard InChI is InChI=1S/C12H18FN3O4S/c1-12(2,3)4-5-15-21(19,20)11-9(13)6-8(16(17)18)7-10(11)14/h6-7,15H,4-5,14H2,1-3H3. The molecule has 3 N–H and O–H groups in total. The van der Waals surface area contributed by atoms with Gasteiger partial charge in [-0.3, -0.25) is 10.1 Å². The Morgan fingerprint density at radius 2 is 1.95 bits per heavy atom. The van der Waals surface area contributed by atoms with E-state index in [4.69, 9.17) is 5.73 Å². The molecule has 1 rings (SSSR count). The third-order valence-corrected chi connectivity index (χ3v) is 4.26. The number of nitro benzene ring substituents is 1. The number of rotatable bonds is 5. The number of sulfonamides is 1. The fraction of sp³-hybridized carbons (Fsp3) is 0.500. The van der Waals surface area contributed by atoms with E-state index in [2.05, 4.69) is 4.72 Å². The highest BCUT2D eigenvalue weighted by atomic mass is 32.2. The predicted octanol–water partition coefficient (Wildman–Crippen LogP) is 2.03. The molecule has 0 radical (unpaired) electrons. The largest absolute Gasteiger partial charge is 0.397 e. The van der Waals surface area contributed by atoms with E-state index in [0.29, 0.717) is 12.5 Å². The lowest BCUT2D eigenvalue weighted by atomic mass is 9.93. The van der Waals surface area contributed by atoms with Gasteiger partial charge in [0.05, 0.1) is 16.7 Å². The van der Waals surface area contributed by atoms with Gasteiger partial charge in [-0.15, -0.1) is 0 Å². The third kappa shape index (κ3) is 4.64. The normalized spacial score (nSPS) is 12.4. The summed E-state index contributed by atoms with van der Waals surface area (Å²) in [6.07, 6.45) is 0.542. The van der Waals surface area contributed by atoms with E-state index in [1.807, 2.05) is 20.8 Å². The maximum atomic E-state index is 13.8. The minimum Gasteiger partial charge on any atom is -0.397 e. The summed E-state index contributed by atoms with van der Waals surface area (Å²) >= 11 is 0. The highest BCUT2D eigenvalue weighted by Crippen LogP contribution is 2.27. The Balaban J connectivity index is 3.07. The molecule has 0 aliphatic rings. The topological polar surface area (TPSA) is 115 Å². The lowest BCUT2D eigenvalue weighted by Gasteiger charge is -2.18. The highest BCUT2D eigenvalue weighted by molar-refractivity contribution is 7.89. The minimum atomic E-state index is -4.16. The zero-order chi connectivity index (χ0) is 16.4. The van der Waals surface area contributed by atoms with Gasteiger partial charge in [0.25, 0.3) is 5.69 Å². The number of nitrogens with one attached hydrogen (secondary N) is 1. The molecular weight excluding hydrogens is 301 g/mol. The van der Waals surface area contributed by atoms with Crippen molar-refractivity contribution in [2.24, 2.45) is 5.41 Å². The van der Waals surface area contributed by atoms with Crippen molar-refractivity contribution in [1.29, 1.82) is 0 Å². The summed E-state index contributed by atoms with van der Waals surface area (Å²) in [4.78, 5) is 8.96. The molecule has 118 valence electrons. The second-order valence-corrected chi connectivity index (χ2v) is 7.52. The summed E-state index contributed by atoms with van der Waals surface area (Å²) < 4.78 is 40.1. The van der Waals surface area contributed by atoms with E-state index in [1.54, 1.807) is 0 Å². The molecule has 1 aromatic rings. The van der Waals surface area contributed by atoms with Crippen molar-refractivity contribution in [3.8, 4) is 0 Å². The van der Waals surface area contributed by atoms with Crippen LogP contribution < -0.4 is 10.5 Å². The molecule has 9 heteroatoms. The highest BCUT2D eigenvalue weighted by Gasteiger charge is 2.26. The fourth-order valence-corrected chi connectivity index (χ4v) is 2.82. The summed E-state index contributed by atoms with van der Waals surface area (Å²) in [5.41, 5.74) is 4.25. The average molecular weight is 319 g/mol. The molecule has 0 unspecified atom stereocenters. The molecule has 0 heterocycles. The van der Waals surface area contributed by atoms with Gasteiger partial charge in [0, 0.05) is 12.6 Å². The molecule has 7 nitrogen and oxygen atoms in total. The molecule has 0 saturated heterocycles. The van der Waals surface area contributed by atoms with Crippen LogP contribution in [0.4, 0.5) is 15.8 Å². The maximum absolute atomic E-state index is 13.8. The molecule has 0 amide bonds. The first kappa shape index (κ1) is 17.3. The van der Waals surface area contributed by atoms with Crippen molar-refractivity contribution >= 4 is 21.4 Å². The van der Waals surface area contributed by atoms with Crippen LogP contribution >= 0.6 is 0 Å². The number of nitrogen functional groups attached to an aromatic ring is 1. The SMILES string of the molecule is CC(C)(C)CCNS(=O)(=O)c1c(N)cc([N+](=O)[O-])cc1F. The third-order valence-electron chi connectivity index (χ3n) is 2.70. The fourth-order valence-electron chi connectivity index (χ4n) is 1.62. The van der Waals surface area contributed by atoms with Crippen molar-refractivity contribution in [1.82, 2.24) is 4.72 Å². The van der Waals surface area contributed by atoms with E-state index in [9.17, 15) is 22.9 Å². The Labute approximate surface area is 122 Å². The summed E-state index contributed by atoms with van der Waals surface area (Å²) in [7, 11) is -4.16. The van der Waals surface area contributed by atoms with Gasteiger partial charge in [0.1, 0.15) is 4.90 Å². The Morgan fingerprint density at radius 1 is 1.38 bits per heavy atom. The van der Waals surface area contributed by atoms with Gasteiger partial charge in [0.2, 0.25) is 10.0 Å². The average Bonchev–Trinajstić information content (AvgIpc) is 2.24. The van der Waals surface area contributed by atoms with Crippen LogP contribution in [0.2, 0.25) is 0 Å². The lowest BCUT2D eigenvalue weighted by Crippen LogP contribution is -2.28. The minimum absolute atomic E-state index is 0.0952. The van der Waals surface area contributed by atoms with E-state index < -0.39 is 37.0 Å². The van der Waals surface area contributed by atoms with E-state index >= 15 is 0 Å². The molecule has 0 bridgehead atoms. The Bertz CT molecular complexity index is 630. The Kier molecular flexibility index (Phi) is 4.90. The van der Waals surface area contributed by atoms with Crippen LogP contribution in [0.5, 0.6) is 0 Å². The van der Waals surface area contributed by atoms with Gasteiger partial charge >= 0.3 is 0 Å². The van der Waals surface area contributed by atoms with Gasteiger partial charge in [-0.25, -0.2) is 17.5 Å². The van der Waals surface area contributed by atoms with Gasteiger partial charge < -0.3 is 5.73 Å². The molecule has 0 atom stereocenters. The van der Waals surface area contributed by atoms with Crippen LogP contribution in [0.25, 0.3) is 0 Å². The lowest BCUT2D eigenvalue weighted by molar-refractivity contribution is -0.385. The van der Waals surface area contributed by atoms with Crippen LogP contribution in [0.1, 0.15) is 27.2 Å². The van der Waals surface area contributed by atoms with Crippen LogP contribution in [-0.4, -0.2) is 19.9 Å². The first-order chi connectivity index (χ1) is 9.44. The number of nitrogens with zero attached hydrogens (tertiary/aromatic N) is 1. The molecule has 0 aliphatic heterocycles. The van der Waals surface area contributed by atoms with Crippen molar-refractivity contribution in [3.63, 3.8) is 0 Å². The zero-order valence-electron chi connectivity index (χ0n) is 12.0. The first-order valence-electron chi connectivity index (χ1n) is 6.17. The van der Waals surface area contributed by atoms with Crippen molar-refractivity contribution in [2.75, 3.05) is 12.3 Å². The zero-order valence-corrected chi connectivity index (χ0v) is 12.8. The summed E-state index contributed by atoms with van der Waals surface area (Å²) in [5, 5.41) is 10.6. The predicted molar refractivity (Wildman–Crippen MR) is 76.7 cm³/mol. The summed E-state index contributed by atoms with van der Waals surface area (Å²) in [6.45, 7) is 5.91. The van der Waals surface area contributed by atoms with Gasteiger partial charge in [0.15, 0.2) is 5.82 Å². The number of anilines is 1. The van der Waals surface area contributed by atoms with Crippen LogP contribution in [0.3, 0.4) is 0 Å². The maximum Gasteiger partial charge on any atom is 0.274 e. The monoisotopic (exact) mass is 319 g/mol. The van der Waals surface area contributed by atoms with Crippen LogP contribution in [0, 0.1) is 21.3 Å². The Morgan fingerprint density at radius 3 is 2.38 bits per heavy atom. The number of halogens is 1. The second kappa shape index (κ2) is 5.94. The van der Waals surface area contributed by atoms with Crippen LogP contribution in [-0.2, 0) is 10.0 Å². The number of hydrogen-bond donors (Lipinski definition) is 2. The smallest absolute Gasteiger partial charge is 0.274 e. The van der Waals surface area contributed by atoms with E-state index in [0.717, 1.165) is 6.07 Å². The molecular formula is C12H18FN3O4S. The summed E-state index contributed by atoms with van der Waals surface area (Å²) in [5.74, 6) is -1.25. The molecule has 21 heavy (non-hydrogen) atoms. The van der Waals surface area contributed by atoms with Crippen molar-refractivity contribution in [3.05, 3.63) is 28.1 Å². The van der Waals surface area contributed by atoms with Gasteiger partial charge in [-0.05, 0) is 11.8 Å². The van der Waals surface area contributed by atoms with Crippen molar-refractivity contribution in [2.45, 2.75) is 32.1 Å². The quantitative estimate of drug-likeness (QED) is 0.489. The summed E-state index contributed by atoms with van der Waals surface area (Å²) in [6, 6.07) is 1.36. The number of nitrogens with two attached hydrogens (primary N) is 1. The molecule has 0 aromatic heterocycles. The molecule has 0 fully saturated rings. The van der Waals surface area contributed by atoms with E-state index in [1.165, 1.54) is 0 Å². The Hall–Kier alpha value is -1.74. The molecule has 0 saturated carbocycles. The van der Waals surface area contributed by atoms with E-state index in [-0.39, 0.29) is 12.0 Å².